The quantitative estimate of drug-likeness (QED) is 0.900. The van der Waals surface area contributed by atoms with Crippen molar-refractivity contribution in [2.24, 2.45) is 0 Å². The van der Waals surface area contributed by atoms with Crippen LogP contribution in [0.15, 0.2) is 24.3 Å². The molecule has 2 rings (SSSR count). The van der Waals surface area contributed by atoms with Crippen molar-refractivity contribution in [3.8, 4) is 0 Å². The van der Waals surface area contributed by atoms with Crippen molar-refractivity contribution < 1.29 is 18.9 Å². The van der Waals surface area contributed by atoms with E-state index in [-0.39, 0.29) is 23.0 Å². The lowest BCUT2D eigenvalue weighted by Crippen LogP contribution is -2.35. The van der Waals surface area contributed by atoms with Gasteiger partial charge in [0.15, 0.2) is 0 Å². The summed E-state index contributed by atoms with van der Waals surface area (Å²) < 4.78 is 12.1. The Morgan fingerprint density at radius 3 is 2.18 bits per heavy atom. The first-order chi connectivity index (χ1) is 10.6. The van der Waals surface area contributed by atoms with Crippen LogP contribution in [0.25, 0.3) is 0 Å². The Balaban J connectivity index is 1.86. The van der Waals surface area contributed by atoms with E-state index in [4.69, 9.17) is 5.11 Å². The number of likely N-dealkylation sites (tertiary alicyclic amines) is 1. The van der Waals surface area contributed by atoms with E-state index in [0.717, 1.165) is 44.3 Å². The maximum atomic E-state index is 12.2. The zero-order valence-corrected chi connectivity index (χ0v) is 13.3. The topological polar surface area (TPSA) is 74.7 Å². The summed E-state index contributed by atoms with van der Waals surface area (Å²) in [5.74, 6) is -0.702. The van der Waals surface area contributed by atoms with Crippen LogP contribution in [0.5, 0.6) is 0 Å². The van der Waals surface area contributed by atoms with Crippen molar-refractivity contribution in [3.63, 3.8) is 0 Å². The van der Waals surface area contributed by atoms with Crippen LogP contribution in [0.1, 0.15) is 41.6 Å². The van der Waals surface area contributed by atoms with Crippen molar-refractivity contribution in [2.75, 3.05) is 18.8 Å². The van der Waals surface area contributed by atoms with Crippen molar-refractivity contribution in [2.45, 2.75) is 31.4 Å². The Morgan fingerprint density at radius 2 is 1.64 bits per heavy atom. The molecule has 1 fully saturated rings. The van der Waals surface area contributed by atoms with Crippen LogP contribution in [0.4, 0.5) is 0 Å². The standard InChI is InChI=1S/C16H21NO4S/c18-15(17-9-3-1-2-4-10-17)12-22(21)11-13-5-7-14(8-6-13)16(19)20/h5-8H,1-4,9-12H2,(H,19,20). The zero-order chi connectivity index (χ0) is 15.9. The van der Waals surface area contributed by atoms with Crippen molar-refractivity contribution in [1.82, 2.24) is 4.90 Å². The number of carboxylic acid groups (broad SMARTS) is 1. The summed E-state index contributed by atoms with van der Waals surface area (Å²) in [5, 5.41) is 8.83. The third-order valence-corrected chi connectivity index (χ3v) is 5.00. The van der Waals surface area contributed by atoms with Gasteiger partial charge in [0, 0.05) is 29.6 Å². The molecule has 5 nitrogen and oxygen atoms in total. The Hall–Kier alpha value is -1.69. The van der Waals surface area contributed by atoms with Crippen molar-refractivity contribution >= 4 is 22.7 Å². The molecule has 22 heavy (non-hydrogen) atoms. The molecule has 0 aliphatic carbocycles. The first kappa shape index (κ1) is 16.7. The van der Waals surface area contributed by atoms with E-state index in [9.17, 15) is 13.8 Å². The van der Waals surface area contributed by atoms with Gasteiger partial charge in [-0.15, -0.1) is 0 Å². The Labute approximate surface area is 132 Å². The lowest BCUT2D eigenvalue weighted by molar-refractivity contribution is -0.128. The van der Waals surface area contributed by atoms with Crippen LogP contribution in [0.2, 0.25) is 0 Å². The highest BCUT2D eigenvalue weighted by molar-refractivity contribution is 7.84. The maximum absolute atomic E-state index is 12.2. The molecule has 0 radical (unpaired) electrons. The van der Waals surface area contributed by atoms with Gasteiger partial charge in [-0.3, -0.25) is 9.00 Å². The zero-order valence-electron chi connectivity index (χ0n) is 12.5. The van der Waals surface area contributed by atoms with Crippen molar-refractivity contribution in [3.05, 3.63) is 35.4 Å². The second kappa shape index (κ2) is 8.08. The van der Waals surface area contributed by atoms with Gasteiger partial charge in [0.25, 0.3) is 0 Å². The number of carbonyl (C=O) groups is 2. The highest BCUT2D eigenvalue weighted by Crippen LogP contribution is 2.11. The predicted molar refractivity (Wildman–Crippen MR) is 85.2 cm³/mol. The molecule has 1 aliphatic rings. The van der Waals surface area contributed by atoms with Crippen LogP contribution < -0.4 is 0 Å². The fraction of sp³-hybridized carbons (Fsp3) is 0.500. The monoisotopic (exact) mass is 323 g/mol. The van der Waals surface area contributed by atoms with Gasteiger partial charge in [0.2, 0.25) is 5.91 Å². The average molecular weight is 323 g/mol. The summed E-state index contributed by atoms with van der Waals surface area (Å²) in [7, 11) is -1.26. The fourth-order valence-corrected chi connectivity index (χ4v) is 3.65. The minimum Gasteiger partial charge on any atom is -0.478 e. The Bertz CT molecular complexity index is 548. The number of aromatic carboxylic acids is 1. The normalized spacial score (nSPS) is 16.8. The lowest BCUT2D eigenvalue weighted by Gasteiger charge is -2.19. The molecule has 1 N–H and O–H groups in total. The summed E-state index contributed by atoms with van der Waals surface area (Å²) in [6.45, 7) is 1.53. The average Bonchev–Trinajstić information content (AvgIpc) is 2.76. The molecule has 0 saturated carbocycles. The second-order valence-electron chi connectivity index (χ2n) is 5.53. The van der Waals surface area contributed by atoms with Crippen LogP contribution in [0, 0.1) is 0 Å². The van der Waals surface area contributed by atoms with E-state index in [1.54, 1.807) is 12.1 Å². The second-order valence-corrected chi connectivity index (χ2v) is 6.98. The molecule has 0 aromatic heterocycles. The molecule has 1 aromatic rings. The van der Waals surface area contributed by atoms with Crippen LogP contribution in [0.3, 0.4) is 0 Å². The third kappa shape index (κ3) is 4.94. The molecule has 1 atom stereocenters. The summed E-state index contributed by atoms with van der Waals surface area (Å²) in [4.78, 5) is 24.7. The van der Waals surface area contributed by atoms with Gasteiger partial charge in [-0.2, -0.15) is 0 Å². The predicted octanol–water partition coefficient (Wildman–Crippen LogP) is 2.04. The van der Waals surface area contributed by atoms with Gasteiger partial charge < -0.3 is 10.0 Å². The van der Waals surface area contributed by atoms with E-state index in [0.29, 0.717) is 0 Å². The molecule has 1 aromatic carbocycles. The minimum absolute atomic E-state index is 0.0395. The highest BCUT2D eigenvalue weighted by Gasteiger charge is 2.18. The first-order valence-corrected chi connectivity index (χ1v) is 9.00. The summed E-state index contributed by atoms with van der Waals surface area (Å²) in [6, 6.07) is 6.28. The van der Waals surface area contributed by atoms with Gasteiger partial charge in [-0.05, 0) is 30.5 Å². The molecule has 1 amide bonds. The van der Waals surface area contributed by atoms with E-state index >= 15 is 0 Å². The Kier molecular flexibility index (Phi) is 6.12. The van der Waals surface area contributed by atoms with E-state index < -0.39 is 16.8 Å². The molecule has 0 bridgehead atoms. The molecule has 0 spiro atoms. The summed E-state index contributed by atoms with van der Waals surface area (Å²) in [6.07, 6.45) is 4.36. The summed E-state index contributed by atoms with van der Waals surface area (Å²) in [5.41, 5.74) is 0.988. The molecule has 1 saturated heterocycles. The van der Waals surface area contributed by atoms with Gasteiger partial charge in [-0.25, -0.2) is 4.79 Å². The number of carboxylic acids is 1. The maximum Gasteiger partial charge on any atom is 0.335 e. The molecule has 120 valence electrons. The van der Waals surface area contributed by atoms with Gasteiger partial charge >= 0.3 is 5.97 Å². The van der Waals surface area contributed by atoms with Crippen LogP contribution >= 0.6 is 0 Å². The van der Waals surface area contributed by atoms with E-state index in [1.165, 1.54) is 12.1 Å². The number of benzene rings is 1. The van der Waals surface area contributed by atoms with Crippen LogP contribution in [-0.2, 0) is 21.3 Å². The Morgan fingerprint density at radius 1 is 1.05 bits per heavy atom. The van der Waals surface area contributed by atoms with Crippen molar-refractivity contribution in [1.29, 1.82) is 0 Å². The first-order valence-electron chi connectivity index (χ1n) is 7.51. The highest BCUT2D eigenvalue weighted by atomic mass is 32.2. The van der Waals surface area contributed by atoms with E-state index in [2.05, 4.69) is 0 Å². The summed E-state index contributed by atoms with van der Waals surface area (Å²) >= 11 is 0. The smallest absolute Gasteiger partial charge is 0.335 e. The number of carbonyl (C=O) groups excluding carboxylic acids is 1. The van der Waals surface area contributed by atoms with Gasteiger partial charge in [-0.1, -0.05) is 25.0 Å². The molecule has 1 unspecified atom stereocenters. The van der Waals surface area contributed by atoms with Crippen LogP contribution in [-0.4, -0.2) is 44.9 Å². The largest absolute Gasteiger partial charge is 0.478 e. The number of nitrogens with zero attached hydrogens (tertiary/aromatic N) is 1. The molecule has 1 heterocycles. The fourth-order valence-electron chi connectivity index (χ4n) is 2.53. The molecule has 6 heteroatoms. The van der Waals surface area contributed by atoms with Gasteiger partial charge in [0.1, 0.15) is 5.75 Å². The molecule has 1 aliphatic heterocycles. The SMILES string of the molecule is O=C(O)c1ccc(CS(=O)CC(=O)N2CCCCCC2)cc1. The molecular formula is C16H21NO4S. The third-order valence-electron chi connectivity index (χ3n) is 3.77. The minimum atomic E-state index is -1.26. The molecular weight excluding hydrogens is 302 g/mol. The van der Waals surface area contributed by atoms with E-state index in [1.807, 2.05) is 4.90 Å². The number of hydrogen-bond donors (Lipinski definition) is 1. The lowest BCUT2D eigenvalue weighted by atomic mass is 10.1. The number of rotatable bonds is 5. The van der Waals surface area contributed by atoms with Gasteiger partial charge in [0.05, 0.1) is 5.56 Å². The number of amides is 1. The number of hydrogen-bond acceptors (Lipinski definition) is 3.